The number of esters is 1. The number of para-hydroxylation sites is 1. The first-order valence-electron chi connectivity index (χ1n) is 13.1. The first-order valence-corrected chi connectivity index (χ1v) is 13.1. The number of carbonyl (C=O) groups is 1. The minimum absolute atomic E-state index is 0.0697. The summed E-state index contributed by atoms with van der Waals surface area (Å²) in [6, 6.07) is 17.2. The van der Waals surface area contributed by atoms with Crippen molar-refractivity contribution in [3.05, 3.63) is 72.2 Å². The lowest BCUT2D eigenvalue weighted by molar-refractivity contribution is -0.671. The van der Waals surface area contributed by atoms with Crippen LogP contribution < -0.4 is 9.30 Å². The molecule has 0 fully saturated rings. The van der Waals surface area contributed by atoms with Gasteiger partial charge in [-0.3, -0.25) is 0 Å². The number of aromatic nitrogens is 1. The third-order valence-electron chi connectivity index (χ3n) is 6.45. The van der Waals surface area contributed by atoms with Gasteiger partial charge in [-0.05, 0) is 37.1 Å². The number of hydrogen-bond acceptors (Lipinski definition) is 3. The topological polar surface area (TPSA) is 39.4 Å². The highest BCUT2D eigenvalue weighted by Gasteiger charge is 2.12. The lowest BCUT2D eigenvalue weighted by Gasteiger charge is -2.08. The number of halogens is 1. The van der Waals surface area contributed by atoms with Gasteiger partial charge in [-0.2, -0.15) is 4.57 Å². The minimum Gasteiger partial charge on any atom is -0.493 e. The van der Waals surface area contributed by atoms with E-state index in [2.05, 4.69) is 51.9 Å². The predicted molar refractivity (Wildman–Crippen MR) is 138 cm³/mol. The molecule has 0 aliphatic carbocycles. The van der Waals surface area contributed by atoms with E-state index in [4.69, 9.17) is 4.74 Å². The lowest BCUT2D eigenvalue weighted by atomic mass is 10.1. The van der Waals surface area contributed by atoms with Gasteiger partial charge >= 0.3 is 5.97 Å². The Balaban J connectivity index is 1.13. The standard InChI is InChI=1S/C30H39FNO3/c1-34-30(33)27-20-19-26(24-28(27)31)35-23-14-10-8-6-4-2-3-5-7-9-13-21-32-22-15-17-25-16-11-12-18-29(25)32/h11-12,15-20,22,24H,2-10,13-14,21,23H2,1H3/q+1. The van der Waals surface area contributed by atoms with E-state index in [9.17, 15) is 9.18 Å². The molecule has 0 radical (unpaired) electrons. The quantitative estimate of drug-likeness (QED) is 0.122. The third kappa shape index (κ3) is 8.97. The second-order valence-corrected chi connectivity index (χ2v) is 9.13. The summed E-state index contributed by atoms with van der Waals surface area (Å²) in [4.78, 5) is 11.4. The van der Waals surface area contributed by atoms with Crippen molar-refractivity contribution in [3.8, 4) is 5.75 Å². The number of fused-ring (bicyclic) bond motifs is 1. The maximum absolute atomic E-state index is 13.9. The van der Waals surface area contributed by atoms with Crippen LogP contribution in [0, 0.1) is 5.82 Å². The fourth-order valence-corrected chi connectivity index (χ4v) is 4.44. The van der Waals surface area contributed by atoms with Gasteiger partial charge in [0.2, 0.25) is 5.52 Å². The fraction of sp³-hybridized carbons (Fsp3) is 0.467. The summed E-state index contributed by atoms with van der Waals surface area (Å²) in [5, 5.41) is 1.31. The molecule has 5 heteroatoms. The van der Waals surface area contributed by atoms with E-state index in [1.807, 2.05) is 0 Å². The second kappa shape index (κ2) is 15.1. The molecule has 188 valence electrons. The van der Waals surface area contributed by atoms with E-state index in [0.29, 0.717) is 12.4 Å². The van der Waals surface area contributed by atoms with E-state index in [1.165, 1.54) is 87.9 Å². The first kappa shape index (κ1) is 26.7. The SMILES string of the molecule is COC(=O)c1ccc(OCCCCCCCCCCCCC[n+]2cccc3ccccc32)cc1F. The average molecular weight is 481 g/mol. The molecule has 0 saturated carbocycles. The van der Waals surface area contributed by atoms with Crippen molar-refractivity contribution in [2.24, 2.45) is 0 Å². The molecule has 0 amide bonds. The number of benzene rings is 2. The average Bonchev–Trinajstić information content (AvgIpc) is 2.88. The van der Waals surface area contributed by atoms with Crippen molar-refractivity contribution in [2.45, 2.75) is 77.2 Å². The maximum atomic E-state index is 13.9. The van der Waals surface area contributed by atoms with Gasteiger partial charge in [-0.15, -0.1) is 0 Å². The Morgan fingerprint density at radius 3 is 2.11 bits per heavy atom. The van der Waals surface area contributed by atoms with Crippen LogP contribution in [-0.2, 0) is 11.3 Å². The zero-order valence-corrected chi connectivity index (χ0v) is 21.0. The van der Waals surface area contributed by atoms with Crippen LogP contribution in [0.1, 0.15) is 81.0 Å². The number of aryl methyl sites for hydroxylation is 1. The number of nitrogens with zero attached hydrogens (tertiary/aromatic N) is 1. The summed E-state index contributed by atoms with van der Waals surface area (Å²) in [5.41, 5.74) is 1.25. The molecule has 2 aromatic carbocycles. The third-order valence-corrected chi connectivity index (χ3v) is 6.45. The van der Waals surface area contributed by atoms with Crippen LogP contribution in [0.4, 0.5) is 4.39 Å². The molecule has 0 aliphatic heterocycles. The molecule has 0 saturated heterocycles. The largest absolute Gasteiger partial charge is 0.493 e. The Hall–Kier alpha value is -2.95. The summed E-state index contributed by atoms with van der Waals surface area (Å²) >= 11 is 0. The summed E-state index contributed by atoms with van der Waals surface area (Å²) < 4.78 is 26.4. The molecule has 0 atom stereocenters. The van der Waals surface area contributed by atoms with E-state index in [0.717, 1.165) is 19.4 Å². The Labute approximate surface area is 209 Å². The Morgan fingerprint density at radius 2 is 1.43 bits per heavy atom. The number of pyridine rings is 1. The summed E-state index contributed by atoms with van der Waals surface area (Å²) in [7, 11) is 1.24. The van der Waals surface area contributed by atoms with Crippen LogP contribution in [0.2, 0.25) is 0 Å². The Bertz CT molecular complexity index is 1050. The number of methoxy groups -OCH3 is 1. The molecule has 1 aromatic heterocycles. The molecule has 3 aromatic rings. The van der Waals surface area contributed by atoms with Crippen LogP contribution in [0.5, 0.6) is 5.75 Å². The number of carbonyl (C=O) groups excluding carboxylic acids is 1. The molecular formula is C30H39FNO3+. The van der Waals surface area contributed by atoms with Crippen LogP contribution in [-0.4, -0.2) is 19.7 Å². The maximum Gasteiger partial charge on any atom is 0.340 e. The zero-order valence-electron chi connectivity index (χ0n) is 21.0. The summed E-state index contributed by atoms with van der Waals surface area (Å²) in [5.74, 6) is -0.839. The van der Waals surface area contributed by atoms with Gasteiger partial charge in [0, 0.05) is 30.0 Å². The van der Waals surface area contributed by atoms with E-state index in [-0.39, 0.29) is 5.56 Å². The highest BCUT2D eigenvalue weighted by molar-refractivity contribution is 5.89. The molecule has 0 aliphatic rings. The van der Waals surface area contributed by atoms with E-state index < -0.39 is 11.8 Å². The Kier molecular flexibility index (Phi) is 11.5. The van der Waals surface area contributed by atoms with Gasteiger partial charge < -0.3 is 9.47 Å². The minimum atomic E-state index is -0.676. The van der Waals surface area contributed by atoms with Crippen LogP contribution in [0.3, 0.4) is 0 Å². The van der Waals surface area contributed by atoms with Gasteiger partial charge in [0.05, 0.1) is 19.3 Å². The molecule has 0 unspecified atom stereocenters. The van der Waals surface area contributed by atoms with Crippen LogP contribution >= 0.6 is 0 Å². The van der Waals surface area contributed by atoms with Crippen molar-refractivity contribution in [2.75, 3.05) is 13.7 Å². The van der Waals surface area contributed by atoms with Gasteiger partial charge in [0.15, 0.2) is 6.20 Å². The van der Waals surface area contributed by atoms with Crippen molar-refractivity contribution in [1.82, 2.24) is 0 Å². The second-order valence-electron chi connectivity index (χ2n) is 9.13. The molecule has 35 heavy (non-hydrogen) atoms. The first-order chi connectivity index (χ1) is 17.2. The molecule has 3 rings (SSSR count). The predicted octanol–water partition coefficient (Wildman–Crippen LogP) is 7.42. The Morgan fingerprint density at radius 1 is 0.800 bits per heavy atom. The van der Waals surface area contributed by atoms with Crippen LogP contribution in [0.25, 0.3) is 10.9 Å². The highest BCUT2D eigenvalue weighted by atomic mass is 19.1. The summed E-state index contributed by atoms with van der Waals surface area (Å²) in [6.07, 6.45) is 15.9. The lowest BCUT2D eigenvalue weighted by Crippen LogP contribution is -2.33. The zero-order chi connectivity index (χ0) is 24.7. The smallest absolute Gasteiger partial charge is 0.340 e. The van der Waals surface area contributed by atoms with Gasteiger partial charge in [0.1, 0.15) is 18.1 Å². The molecule has 0 bridgehead atoms. The molecule has 1 heterocycles. The van der Waals surface area contributed by atoms with Gasteiger partial charge in [-0.1, -0.05) is 63.5 Å². The molecule has 0 spiro atoms. The van der Waals surface area contributed by atoms with Crippen molar-refractivity contribution in [3.63, 3.8) is 0 Å². The van der Waals surface area contributed by atoms with E-state index >= 15 is 0 Å². The number of rotatable bonds is 16. The van der Waals surface area contributed by atoms with Crippen molar-refractivity contribution >= 4 is 16.9 Å². The highest BCUT2D eigenvalue weighted by Crippen LogP contribution is 2.18. The van der Waals surface area contributed by atoms with Crippen LogP contribution in [0.15, 0.2) is 60.8 Å². The van der Waals surface area contributed by atoms with Crippen molar-refractivity contribution < 1.29 is 23.2 Å². The molecule has 0 N–H and O–H groups in total. The van der Waals surface area contributed by atoms with E-state index in [1.54, 1.807) is 6.07 Å². The normalized spacial score (nSPS) is 11.0. The van der Waals surface area contributed by atoms with Gasteiger partial charge in [-0.25, -0.2) is 9.18 Å². The monoisotopic (exact) mass is 480 g/mol. The van der Waals surface area contributed by atoms with Gasteiger partial charge in [0.25, 0.3) is 0 Å². The van der Waals surface area contributed by atoms with Crippen molar-refractivity contribution in [1.29, 1.82) is 0 Å². The number of ether oxygens (including phenoxy) is 2. The summed E-state index contributed by atoms with van der Waals surface area (Å²) in [6.45, 7) is 1.66. The fourth-order valence-electron chi connectivity index (χ4n) is 4.44. The number of hydrogen-bond donors (Lipinski definition) is 0. The molecule has 4 nitrogen and oxygen atoms in total. The molecular weight excluding hydrogens is 441 g/mol. The number of unbranched alkanes of at least 4 members (excludes halogenated alkanes) is 10.